The van der Waals surface area contributed by atoms with Crippen molar-refractivity contribution in [2.45, 2.75) is 0 Å². The Morgan fingerprint density at radius 1 is 0.510 bits per heavy atom. The van der Waals surface area contributed by atoms with Gasteiger partial charge in [-0.3, -0.25) is 0 Å². The molecule has 0 atom stereocenters. The zero-order valence-corrected chi connectivity index (χ0v) is 26.3. The summed E-state index contributed by atoms with van der Waals surface area (Å²) < 4.78 is 9.01. The first-order valence-corrected chi connectivity index (χ1v) is 16.4. The summed E-state index contributed by atoms with van der Waals surface area (Å²) in [5.74, 6) is 0. The Morgan fingerprint density at radius 2 is 1.18 bits per heavy atom. The Labute approximate surface area is 282 Å². The summed E-state index contributed by atoms with van der Waals surface area (Å²) >= 11 is 0. The molecule has 4 heteroatoms. The fraction of sp³-hybridized carbons (Fsp3) is 0. The van der Waals surface area contributed by atoms with Gasteiger partial charge in [0.1, 0.15) is 11.2 Å². The van der Waals surface area contributed by atoms with Crippen LogP contribution in [0.3, 0.4) is 0 Å². The van der Waals surface area contributed by atoms with Gasteiger partial charge in [-0.2, -0.15) is 5.26 Å². The minimum Gasteiger partial charge on any atom is -0.456 e. The van der Waals surface area contributed by atoms with Crippen molar-refractivity contribution in [3.63, 3.8) is 0 Å². The van der Waals surface area contributed by atoms with Crippen molar-refractivity contribution in [2.24, 2.45) is 0 Å². The zero-order valence-electron chi connectivity index (χ0n) is 26.3. The Morgan fingerprint density at radius 3 is 1.98 bits per heavy atom. The fourth-order valence-electron chi connectivity index (χ4n) is 7.58. The lowest BCUT2D eigenvalue weighted by atomic mass is 9.94. The number of rotatable bonds is 5. The molecule has 0 aliphatic heterocycles. The second-order valence-electron chi connectivity index (χ2n) is 12.5. The lowest BCUT2D eigenvalue weighted by molar-refractivity contribution is 0.669. The highest BCUT2D eigenvalue weighted by atomic mass is 16.3. The predicted octanol–water partition coefficient (Wildman–Crippen LogP) is 12.3. The largest absolute Gasteiger partial charge is 0.456 e. The van der Waals surface area contributed by atoms with E-state index in [2.05, 4.69) is 137 Å². The van der Waals surface area contributed by atoms with Crippen molar-refractivity contribution in [1.82, 2.24) is 4.57 Å². The number of anilines is 3. The monoisotopic (exact) mass is 625 g/mol. The maximum Gasteiger partial charge on any atom is 0.137 e. The first-order valence-electron chi connectivity index (χ1n) is 16.4. The Hall–Kier alpha value is -6.83. The molecule has 2 heterocycles. The van der Waals surface area contributed by atoms with E-state index in [1.807, 2.05) is 42.5 Å². The van der Waals surface area contributed by atoms with Crippen molar-refractivity contribution in [3.8, 4) is 22.9 Å². The summed E-state index contributed by atoms with van der Waals surface area (Å²) in [4.78, 5) is 2.19. The van der Waals surface area contributed by atoms with Crippen molar-refractivity contribution in [3.05, 3.63) is 169 Å². The molecule has 0 bridgehead atoms. The number of fused-ring (bicyclic) bond motifs is 3. The van der Waals surface area contributed by atoms with Crippen LogP contribution in [0.2, 0.25) is 0 Å². The lowest BCUT2D eigenvalue weighted by Crippen LogP contribution is -2.09. The third-order valence-electron chi connectivity index (χ3n) is 9.77. The smallest absolute Gasteiger partial charge is 0.137 e. The number of benzene rings is 8. The van der Waals surface area contributed by atoms with Crippen LogP contribution in [0, 0.1) is 11.3 Å². The molecule has 0 fully saturated rings. The molecule has 0 saturated heterocycles. The van der Waals surface area contributed by atoms with E-state index in [0.717, 1.165) is 50.3 Å². The molecule has 0 unspecified atom stereocenters. The summed E-state index contributed by atoms with van der Waals surface area (Å²) in [6.45, 7) is 0. The molecule has 4 nitrogen and oxygen atoms in total. The molecule has 49 heavy (non-hydrogen) atoms. The van der Waals surface area contributed by atoms with E-state index in [9.17, 15) is 5.26 Å². The number of nitrogens with zero attached hydrogens (tertiary/aromatic N) is 3. The molecule has 0 saturated carbocycles. The summed E-state index contributed by atoms with van der Waals surface area (Å²) in [5, 5.41) is 16.6. The van der Waals surface area contributed by atoms with Crippen LogP contribution >= 0.6 is 0 Å². The molecule has 228 valence electrons. The predicted molar refractivity (Wildman–Crippen MR) is 202 cm³/mol. The molecule has 0 N–H and O–H groups in total. The van der Waals surface area contributed by atoms with Crippen LogP contribution in [-0.2, 0) is 0 Å². The third kappa shape index (κ3) is 4.16. The normalized spacial score (nSPS) is 11.7. The third-order valence-corrected chi connectivity index (χ3v) is 9.77. The quantitative estimate of drug-likeness (QED) is 0.179. The van der Waals surface area contributed by atoms with E-state index >= 15 is 0 Å². The second kappa shape index (κ2) is 10.6. The van der Waals surface area contributed by atoms with Crippen molar-refractivity contribution in [2.75, 3.05) is 4.90 Å². The molecular weight excluding hydrogens is 599 g/mol. The average molecular weight is 626 g/mol. The zero-order chi connectivity index (χ0) is 32.5. The summed E-state index contributed by atoms with van der Waals surface area (Å²) in [5.41, 5.74) is 11.2. The minimum atomic E-state index is 0.631. The van der Waals surface area contributed by atoms with Gasteiger partial charge in [0.2, 0.25) is 0 Å². The van der Waals surface area contributed by atoms with Crippen LogP contribution in [0.1, 0.15) is 5.56 Å². The molecule has 0 spiro atoms. The van der Waals surface area contributed by atoms with Gasteiger partial charge >= 0.3 is 0 Å². The number of para-hydroxylation sites is 2. The lowest BCUT2D eigenvalue weighted by Gasteiger charge is -2.25. The van der Waals surface area contributed by atoms with E-state index in [1.165, 1.54) is 38.1 Å². The molecule has 0 radical (unpaired) electrons. The van der Waals surface area contributed by atoms with E-state index < -0.39 is 0 Å². The Balaban J connectivity index is 1.12. The van der Waals surface area contributed by atoms with Crippen molar-refractivity contribution >= 4 is 71.6 Å². The summed E-state index contributed by atoms with van der Waals surface area (Å²) in [6, 6.07) is 59.4. The van der Waals surface area contributed by atoms with Crippen LogP contribution in [0.5, 0.6) is 0 Å². The van der Waals surface area contributed by atoms with Crippen molar-refractivity contribution in [1.29, 1.82) is 5.26 Å². The van der Waals surface area contributed by atoms with Crippen molar-refractivity contribution < 1.29 is 4.42 Å². The SMILES string of the molecule is N#Cc1ccc(N(c2ccccc2)c2ccc3c(c2)oc2cc(-c4ccc5c6c4ccc4cccc(c46)n5-c4ccccc4)ccc23)cc1. The Kier molecular flexibility index (Phi) is 5.90. The van der Waals surface area contributed by atoms with Gasteiger partial charge in [-0.25, -0.2) is 0 Å². The number of nitriles is 1. The summed E-state index contributed by atoms with van der Waals surface area (Å²) in [6.07, 6.45) is 0. The molecular formula is C45H27N3O. The highest BCUT2D eigenvalue weighted by molar-refractivity contribution is 6.26. The van der Waals surface area contributed by atoms with Gasteiger partial charge in [0, 0.05) is 50.4 Å². The van der Waals surface area contributed by atoms with Gasteiger partial charge in [0.15, 0.2) is 0 Å². The number of aromatic nitrogens is 1. The van der Waals surface area contributed by atoms with Crippen LogP contribution in [-0.4, -0.2) is 4.57 Å². The van der Waals surface area contributed by atoms with Gasteiger partial charge in [0.05, 0.1) is 22.7 Å². The average Bonchev–Trinajstić information content (AvgIpc) is 3.71. The van der Waals surface area contributed by atoms with Gasteiger partial charge in [0.25, 0.3) is 0 Å². The number of hydrogen-bond donors (Lipinski definition) is 0. The van der Waals surface area contributed by atoms with E-state index in [1.54, 1.807) is 0 Å². The molecule has 0 amide bonds. The molecule has 8 aromatic carbocycles. The van der Waals surface area contributed by atoms with E-state index in [0.29, 0.717) is 5.56 Å². The highest BCUT2D eigenvalue weighted by Gasteiger charge is 2.20. The van der Waals surface area contributed by atoms with Gasteiger partial charge in [-0.15, -0.1) is 0 Å². The molecule has 10 aromatic rings. The van der Waals surface area contributed by atoms with E-state index in [-0.39, 0.29) is 0 Å². The van der Waals surface area contributed by atoms with Crippen LogP contribution in [0.15, 0.2) is 168 Å². The fourth-order valence-corrected chi connectivity index (χ4v) is 7.58. The molecule has 10 rings (SSSR count). The van der Waals surface area contributed by atoms with Crippen LogP contribution < -0.4 is 4.90 Å². The maximum atomic E-state index is 9.37. The number of hydrogen-bond acceptors (Lipinski definition) is 3. The minimum absolute atomic E-state index is 0.631. The van der Waals surface area contributed by atoms with Gasteiger partial charge in [-0.05, 0) is 107 Å². The van der Waals surface area contributed by atoms with Gasteiger partial charge < -0.3 is 13.9 Å². The summed E-state index contributed by atoms with van der Waals surface area (Å²) in [7, 11) is 0. The standard InChI is InChI=1S/C45H27N3O/c46-28-29-14-18-34(19-15-29)47(32-9-3-1-4-10-32)35-20-23-38-37-21-17-31(26-42(37)49-43(38)27-35)36-24-25-41-45-39(36)22-16-30-8-7-13-40(44(30)45)48(41)33-11-5-2-6-12-33/h1-27H. The first-order chi connectivity index (χ1) is 24.2. The molecule has 2 aromatic heterocycles. The maximum absolute atomic E-state index is 9.37. The van der Waals surface area contributed by atoms with Crippen LogP contribution in [0.25, 0.3) is 71.3 Å². The van der Waals surface area contributed by atoms with E-state index in [4.69, 9.17) is 4.42 Å². The second-order valence-corrected chi connectivity index (χ2v) is 12.5. The first kappa shape index (κ1) is 27.3. The topological polar surface area (TPSA) is 45.1 Å². The number of furan rings is 1. The molecule has 0 aliphatic rings. The van der Waals surface area contributed by atoms with Crippen LogP contribution in [0.4, 0.5) is 17.1 Å². The highest BCUT2D eigenvalue weighted by Crippen LogP contribution is 2.44. The van der Waals surface area contributed by atoms with Gasteiger partial charge in [-0.1, -0.05) is 72.8 Å². The Bertz CT molecular complexity index is 2880. The molecule has 0 aliphatic carbocycles.